The van der Waals surface area contributed by atoms with E-state index in [9.17, 15) is 9.59 Å². The second-order valence-corrected chi connectivity index (χ2v) is 6.11. The first-order valence-electron chi connectivity index (χ1n) is 8.55. The number of carbonyl (C=O) groups is 2. The van der Waals surface area contributed by atoms with Crippen LogP contribution in [0.3, 0.4) is 0 Å². The van der Waals surface area contributed by atoms with E-state index in [4.69, 9.17) is 19.2 Å². The van der Waals surface area contributed by atoms with E-state index in [2.05, 4.69) is 5.32 Å². The number of hydrogen-bond acceptors (Lipinski definition) is 6. The zero-order valence-corrected chi connectivity index (χ0v) is 15.4. The minimum atomic E-state index is -0.989. The van der Waals surface area contributed by atoms with Gasteiger partial charge in [0.25, 0.3) is 5.91 Å². The number of furan rings is 1. The predicted octanol–water partition coefficient (Wildman–Crippen LogP) is 3.43. The molecule has 3 aromatic rings. The summed E-state index contributed by atoms with van der Waals surface area (Å²) in [5.74, 6) is -0.376. The summed E-state index contributed by atoms with van der Waals surface area (Å²) in [5, 5.41) is 12.3. The summed E-state index contributed by atoms with van der Waals surface area (Å²) >= 11 is 0. The van der Waals surface area contributed by atoms with E-state index in [-0.39, 0.29) is 6.42 Å². The van der Waals surface area contributed by atoms with Crippen molar-refractivity contribution in [3.05, 3.63) is 59.9 Å². The van der Waals surface area contributed by atoms with Crippen LogP contribution in [0.2, 0.25) is 0 Å². The molecule has 1 aromatic heterocycles. The number of benzene rings is 2. The Morgan fingerprint density at radius 2 is 2.07 bits per heavy atom. The number of amides is 1. The molecule has 0 aliphatic heterocycles. The van der Waals surface area contributed by atoms with Crippen molar-refractivity contribution in [3.63, 3.8) is 0 Å². The molecule has 0 radical (unpaired) electrons. The average Bonchev–Trinajstić information content (AvgIpc) is 3.09. The van der Waals surface area contributed by atoms with Gasteiger partial charge in [0.1, 0.15) is 11.3 Å². The third-order valence-corrected chi connectivity index (χ3v) is 4.13. The van der Waals surface area contributed by atoms with Crippen LogP contribution < -0.4 is 10.1 Å². The van der Waals surface area contributed by atoms with Crippen LogP contribution in [0.5, 0.6) is 5.75 Å². The Kier molecular flexibility index (Phi) is 5.61. The largest absolute Gasteiger partial charge is 0.497 e. The van der Waals surface area contributed by atoms with E-state index in [0.717, 1.165) is 5.39 Å². The first-order chi connectivity index (χ1) is 13.5. The molecule has 0 spiro atoms. The molecule has 3 rings (SSSR count). The van der Waals surface area contributed by atoms with E-state index in [1.54, 1.807) is 49.6 Å². The Morgan fingerprint density at radius 1 is 1.25 bits per heavy atom. The van der Waals surface area contributed by atoms with E-state index in [1.165, 1.54) is 13.2 Å². The molecule has 7 nitrogen and oxygen atoms in total. The molecule has 1 heterocycles. The molecule has 0 saturated heterocycles. The molecule has 0 unspecified atom stereocenters. The minimum absolute atomic E-state index is 0.0269. The van der Waals surface area contributed by atoms with Gasteiger partial charge in [-0.3, -0.25) is 9.59 Å². The molecule has 2 aromatic carbocycles. The second kappa shape index (κ2) is 8.27. The molecule has 142 valence electrons. The van der Waals surface area contributed by atoms with Crippen LogP contribution in [0.4, 0.5) is 5.69 Å². The fraction of sp³-hybridized carbons (Fsp3) is 0.190. The molecule has 0 saturated carbocycles. The van der Waals surface area contributed by atoms with Crippen molar-refractivity contribution < 1.29 is 23.5 Å². The van der Waals surface area contributed by atoms with Crippen LogP contribution in [0, 0.1) is 11.3 Å². The zero-order chi connectivity index (χ0) is 20.1. The number of nitrogens with zero attached hydrogens (tertiary/aromatic N) is 1. The fourth-order valence-corrected chi connectivity index (χ4v) is 2.69. The molecule has 28 heavy (non-hydrogen) atoms. The first-order valence-corrected chi connectivity index (χ1v) is 8.55. The highest BCUT2D eigenvalue weighted by Crippen LogP contribution is 2.26. The smallest absolute Gasteiger partial charge is 0.311 e. The van der Waals surface area contributed by atoms with Crippen LogP contribution in [0.1, 0.15) is 18.1 Å². The van der Waals surface area contributed by atoms with E-state index in [1.807, 2.05) is 6.07 Å². The molecule has 1 atom stereocenters. The molecule has 0 bridgehead atoms. The summed E-state index contributed by atoms with van der Waals surface area (Å²) in [6.45, 7) is 1.49. The highest BCUT2D eigenvalue weighted by atomic mass is 16.5. The van der Waals surface area contributed by atoms with Crippen LogP contribution >= 0.6 is 0 Å². The molecule has 0 aliphatic rings. The number of anilines is 1. The number of carbonyl (C=O) groups excluding carboxylic acids is 2. The third-order valence-electron chi connectivity index (χ3n) is 4.13. The molecule has 1 amide bonds. The standard InChI is InChI=1S/C21H18N2O5/c1-13(21(25)23-16-5-3-4-14(8-16)11-22)28-20(24)9-15-12-27-19-10-17(26-2)6-7-18(15)19/h3-8,10,12-13H,9H2,1-2H3,(H,23,25)/t13-/m1/s1. The first kappa shape index (κ1) is 19.0. The van der Waals surface area contributed by atoms with Gasteiger partial charge in [0.15, 0.2) is 6.10 Å². The number of esters is 1. The summed E-state index contributed by atoms with van der Waals surface area (Å²) < 4.78 is 15.8. The average molecular weight is 378 g/mol. The summed E-state index contributed by atoms with van der Waals surface area (Å²) in [4.78, 5) is 24.5. The lowest BCUT2D eigenvalue weighted by Gasteiger charge is -2.13. The van der Waals surface area contributed by atoms with Gasteiger partial charge in [-0.05, 0) is 37.3 Å². The predicted molar refractivity (Wildman–Crippen MR) is 102 cm³/mol. The van der Waals surface area contributed by atoms with E-state index in [0.29, 0.717) is 28.1 Å². The Hall–Kier alpha value is -3.79. The van der Waals surface area contributed by atoms with Gasteiger partial charge in [-0.2, -0.15) is 5.26 Å². The van der Waals surface area contributed by atoms with Crippen molar-refractivity contribution in [2.75, 3.05) is 12.4 Å². The van der Waals surface area contributed by atoms with Crippen LogP contribution in [-0.2, 0) is 20.7 Å². The number of fused-ring (bicyclic) bond motifs is 1. The van der Waals surface area contributed by atoms with Crippen LogP contribution in [0.15, 0.2) is 53.1 Å². The SMILES string of the molecule is COc1ccc2c(CC(=O)O[C@H](C)C(=O)Nc3cccc(C#N)c3)coc2c1. The number of rotatable bonds is 6. The van der Waals surface area contributed by atoms with Gasteiger partial charge in [-0.1, -0.05) is 6.07 Å². The highest BCUT2D eigenvalue weighted by molar-refractivity contribution is 5.95. The normalized spacial score (nSPS) is 11.5. The van der Waals surface area contributed by atoms with Crippen molar-refractivity contribution in [1.82, 2.24) is 0 Å². The molecular weight excluding hydrogens is 360 g/mol. The van der Waals surface area contributed by atoms with Gasteiger partial charge in [0.2, 0.25) is 0 Å². The van der Waals surface area contributed by atoms with Crippen LogP contribution in [0.25, 0.3) is 11.0 Å². The van der Waals surface area contributed by atoms with Gasteiger partial charge in [0.05, 0.1) is 31.4 Å². The molecule has 1 N–H and O–H groups in total. The van der Waals surface area contributed by atoms with Crippen molar-refractivity contribution in [2.24, 2.45) is 0 Å². The molecular formula is C21H18N2O5. The molecule has 0 aliphatic carbocycles. The van der Waals surface area contributed by atoms with Crippen molar-refractivity contribution in [1.29, 1.82) is 5.26 Å². The number of methoxy groups -OCH3 is 1. The second-order valence-electron chi connectivity index (χ2n) is 6.11. The monoisotopic (exact) mass is 378 g/mol. The van der Waals surface area contributed by atoms with Gasteiger partial charge < -0.3 is 19.2 Å². The third kappa shape index (κ3) is 4.30. The lowest BCUT2D eigenvalue weighted by molar-refractivity contribution is -0.152. The number of nitrogens with one attached hydrogen (secondary N) is 1. The Labute approximate surface area is 161 Å². The Bertz CT molecular complexity index is 1060. The fourth-order valence-electron chi connectivity index (χ4n) is 2.69. The lowest BCUT2D eigenvalue weighted by atomic mass is 10.1. The minimum Gasteiger partial charge on any atom is -0.497 e. The van der Waals surface area contributed by atoms with Gasteiger partial charge in [-0.25, -0.2) is 0 Å². The summed E-state index contributed by atoms with van der Waals surface area (Å²) in [6, 6.07) is 13.8. The molecule has 0 fully saturated rings. The summed E-state index contributed by atoms with van der Waals surface area (Å²) in [6.07, 6.45) is 0.473. The quantitative estimate of drug-likeness (QED) is 0.660. The van der Waals surface area contributed by atoms with Crippen molar-refractivity contribution in [3.8, 4) is 11.8 Å². The van der Waals surface area contributed by atoms with Crippen molar-refractivity contribution in [2.45, 2.75) is 19.4 Å². The van der Waals surface area contributed by atoms with Gasteiger partial charge in [-0.15, -0.1) is 0 Å². The summed E-state index contributed by atoms with van der Waals surface area (Å²) in [7, 11) is 1.56. The summed E-state index contributed by atoms with van der Waals surface area (Å²) in [5.41, 5.74) is 2.15. The molecule has 7 heteroatoms. The highest BCUT2D eigenvalue weighted by Gasteiger charge is 2.20. The Morgan fingerprint density at radius 3 is 2.82 bits per heavy atom. The zero-order valence-electron chi connectivity index (χ0n) is 15.4. The Balaban J connectivity index is 1.61. The number of ether oxygens (including phenoxy) is 2. The van der Waals surface area contributed by atoms with Gasteiger partial charge >= 0.3 is 5.97 Å². The maximum Gasteiger partial charge on any atom is 0.311 e. The van der Waals surface area contributed by atoms with E-state index >= 15 is 0 Å². The number of hydrogen-bond donors (Lipinski definition) is 1. The van der Waals surface area contributed by atoms with Crippen molar-refractivity contribution >= 4 is 28.5 Å². The lowest BCUT2D eigenvalue weighted by Crippen LogP contribution is -2.30. The maximum absolute atomic E-state index is 12.2. The van der Waals surface area contributed by atoms with E-state index < -0.39 is 18.0 Å². The number of nitriles is 1. The topological polar surface area (TPSA) is 102 Å². The van der Waals surface area contributed by atoms with Gasteiger partial charge in [0, 0.05) is 22.7 Å². The maximum atomic E-state index is 12.2. The van der Waals surface area contributed by atoms with Crippen LogP contribution in [-0.4, -0.2) is 25.1 Å².